The number of aromatic nitrogens is 2. The standard InChI is InChI=1S/C18H14Cl2N2OS/c1-12-10-17(23)22(13-6-3-2-4-7-13)18(21-12)24-11-14-15(19)8-5-9-16(14)20/h2-10H,11H2,1H3. The molecule has 0 aliphatic heterocycles. The normalized spacial score (nSPS) is 10.8. The van der Waals surface area contributed by atoms with Crippen LogP contribution in [0.15, 0.2) is 64.5 Å². The van der Waals surface area contributed by atoms with Crippen LogP contribution in [0.1, 0.15) is 11.3 Å². The number of nitrogens with zero attached hydrogens (tertiary/aromatic N) is 2. The molecule has 0 aliphatic carbocycles. The highest BCUT2D eigenvalue weighted by Gasteiger charge is 2.12. The fourth-order valence-electron chi connectivity index (χ4n) is 2.29. The van der Waals surface area contributed by atoms with Crippen LogP contribution in [0.4, 0.5) is 0 Å². The second-order valence-electron chi connectivity index (χ2n) is 5.18. The Balaban J connectivity index is 2.01. The van der Waals surface area contributed by atoms with Crippen LogP contribution < -0.4 is 5.56 Å². The summed E-state index contributed by atoms with van der Waals surface area (Å²) in [6.07, 6.45) is 0. The van der Waals surface area contributed by atoms with Crippen LogP contribution in [-0.2, 0) is 5.75 Å². The van der Waals surface area contributed by atoms with Crippen molar-refractivity contribution in [3.8, 4) is 5.69 Å². The summed E-state index contributed by atoms with van der Waals surface area (Å²) < 4.78 is 1.60. The zero-order valence-electron chi connectivity index (χ0n) is 12.9. The van der Waals surface area contributed by atoms with E-state index in [1.165, 1.54) is 17.8 Å². The number of rotatable bonds is 4. The van der Waals surface area contributed by atoms with Crippen LogP contribution in [0.3, 0.4) is 0 Å². The fraction of sp³-hybridized carbons (Fsp3) is 0.111. The van der Waals surface area contributed by atoms with Crippen molar-refractivity contribution < 1.29 is 0 Å². The number of thioether (sulfide) groups is 1. The molecule has 24 heavy (non-hydrogen) atoms. The van der Waals surface area contributed by atoms with Crippen LogP contribution in [0.25, 0.3) is 5.69 Å². The molecule has 0 N–H and O–H groups in total. The molecule has 6 heteroatoms. The van der Waals surface area contributed by atoms with Gasteiger partial charge in [-0.15, -0.1) is 0 Å². The highest BCUT2D eigenvalue weighted by atomic mass is 35.5. The lowest BCUT2D eigenvalue weighted by Gasteiger charge is -2.13. The van der Waals surface area contributed by atoms with E-state index in [4.69, 9.17) is 23.2 Å². The molecule has 0 saturated heterocycles. The van der Waals surface area contributed by atoms with Crippen molar-refractivity contribution in [2.45, 2.75) is 17.8 Å². The Hall–Kier alpha value is -1.75. The maximum Gasteiger partial charge on any atom is 0.258 e. The summed E-state index contributed by atoms with van der Waals surface area (Å²) in [5, 5.41) is 1.83. The summed E-state index contributed by atoms with van der Waals surface area (Å²) in [6.45, 7) is 1.81. The third-order valence-corrected chi connectivity index (χ3v) is 5.11. The Morgan fingerprint density at radius 2 is 1.71 bits per heavy atom. The average molecular weight is 377 g/mol. The average Bonchev–Trinajstić information content (AvgIpc) is 2.54. The molecular formula is C18H14Cl2N2OS. The van der Waals surface area contributed by atoms with Crippen molar-refractivity contribution >= 4 is 35.0 Å². The maximum absolute atomic E-state index is 12.5. The lowest BCUT2D eigenvalue weighted by atomic mass is 10.2. The monoisotopic (exact) mass is 376 g/mol. The Morgan fingerprint density at radius 3 is 2.38 bits per heavy atom. The maximum atomic E-state index is 12.5. The molecule has 3 nitrogen and oxygen atoms in total. The predicted octanol–water partition coefficient (Wildman–Crippen LogP) is 5.14. The van der Waals surface area contributed by atoms with E-state index < -0.39 is 0 Å². The van der Waals surface area contributed by atoms with Gasteiger partial charge in [0, 0.05) is 27.6 Å². The second kappa shape index (κ2) is 7.43. The molecule has 0 saturated carbocycles. The quantitative estimate of drug-likeness (QED) is 0.467. The topological polar surface area (TPSA) is 34.9 Å². The van der Waals surface area contributed by atoms with Gasteiger partial charge in [0.1, 0.15) is 0 Å². The van der Waals surface area contributed by atoms with Gasteiger partial charge in [-0.05, 0) is 36.8 Å². The summed E-state index contributed by atoms with van der Waals surface area (Å²) in [4.78, 5) is 17.0. The first-order chi connectivity index (χ1) is 11.6. The summed E-state index contributed by atoms with van der Waals surface area (Å²) in [7, 11) is 0. The smallest absolute Gasteiger partial charge is 0.258 e. The van der Waals surface area contributed by atoms with Crippen molar-refractivity contribution in [2.24, 2.45) is 0 Å². The van der Waals surface area contributed by atoms with Crippen LogP contribution >= 0.6 is 35.0 Å². The molecule has 3 aromatic rings. The van der Waals surface area contributed by atoms with Gasteiger partial charge < -0.3 is 0 Å². The molecule has 0 radical (unpaired) electrons. The number of hydrogen-bond donors (Lipinski definition) is 0. The van der Waals surface area contributed by atoms with Crippen molar-refractivity contribution in [1.82, 2.24) is 9.55 Å². The number of benzene rings is 2. The molecule has 1 aromatic heterocycles. The van der Waals surface area contributed by atoms with Crippen LogP contribution in [0.5, 0.6) is 0 Å². The van der Waals surface area contributed by atoms with Crippen molar-refractivity contribution in [1.29, 1.82) is 0 Å². The van der Waals surface area contributed by atoms with Gasteiger partial charge in [0.15, 0.2) is 5.16 Å². The Morgan fingerprint density at radius 1 is 1.04 bits per heavy atom. The van der Waals surface area contributed by atoms with E-state index in [0.29, 0.717) is 26.6 Å². The second-order valence-corrected chi connectivity index (χ2v) is 6.94. The molecule has 0 amide bonds. The van der Waals surface area contributed by atoms with Gasteiger partial charge in [-0.3, -0.25) is 9.36 Å². The molecule has 0 bridgehead atoms. The summed E-state index contributed by atoms with van der Waals surface area (Å²) in [6, 6.07) is 16.4. The van der Waals surface area contributed by atoms with Gasteiger partial charge in [0.25, 0.3) is 5.56 Å². The highest BCUT2D eigenvalue weighted by Crippen LogP contribution is 2.31. The van der Waals surface area contributed by atoms with E-state index in [2.05, 4.69) is 4.98 Å². The summed E-state index contributed by atoms with van der Waals surface area (Å²) in [5.74, 6) is 0.529. The van der Waals surface area contributed by atoms with Crippen molar-refractivity contribution in [3.63, 3.8) is 0 Å². The van der Waals surface area contributed by atoms with E-state index in [9.17, 15) is 4.79 Å². The Labute approximate surface area is 154 Å². The lowest BCUT2D eigenvalue weighted by molar-refractivity contribution is 0.780. The molecule has 0 aliphatic rings. The third kappa shape index (κ3) is 3.66. The first-order valence-corrected chi connectivity index (χ1v) is 9.02. The first-order valence-electron chi connectivity index (χ1n) is 7.28. The van der Waals surface area contributed by atoms with Crippen molar-refractivity contribution in [2.75, 3.05) is 0 Å². The molecular weight excluding hydrogens is 363 g/mol. The fourth-order valence-corrected chi connectivity index (χ4v) is 4.10. The number of hydrogen-bond acceptors (Lipinski definition) is 3. The van der Waals surface area contributed by atoms with E-state index in [1.54, 1.807) is 16.7 Å². The van der Waals surface area contributed by atoms with Gasteiger partial charge in [-0.2, -0.15) is 0 Å². The molecule has 1 heterocycles. The molecule has 0 atom stereocenters. The minimum atomic E-state index is -0.110. The summed E-state index contributed by atoms with van der Waals surface area (Å²) in [5.41, 5.74) is 2.19. The van der Waals surface area contributed by atoms with Gasteiger partial charge >= 0.3 is 0 Å². The van der Waals surface area contributed by atoms with Crippen LogP contribution in [0.2, 0.25) is 10.0 Å². The van der Waals surface area contributed by atoms with Gasteiger partial charge in [0.2, 0.25) is 0 Å². The molecule has 0 spiro atoms. The van der Waals surface area contributed by atoms with Crippen LogP contribution in [-0.4, -0.2) is 9.55 Å². The minimum absolute atomic E-state index is 0.110. The SMILES string of the molecule is Cc1cc(=O)n(-c2ccccc2)c(SCc2c(Cl)cccc2Cl)n1. The summed E-state index contributed by atoms with van der Waals surface area (Å²) >= 11 is 13.9. The molecule has 2 aromatic carbocycles. The largest absolute Gasteiger partial charge is 0.269 e. The van der Waals surface area contributed by atoms with Gasteiger partial charge in [-0.25, -0.2) is 4.98 Å². The van der Waals surface area contributed by atoms with Crippen molar-refractivity contribution in [3.05, 3.63) is 86.3 Å². The zero-order chi connectivity index (χ0) is 17.1. The van der Waals surface area contributed by atoms with E-state index >= 15 is 0 Å². The predicted molar refractivity (Wildman–Crippen MR) is 101 cm³/mol. The zero-order valence-corrected chi connectivity index (χ0v) is 15.2. The number of aryl methyl sites for hydroxylation is 1. The van der Waals surface area contributed by atoms with Gasteiger partial charge in [0.05, 0.1) is 5.69 Å². The van der Waals surface area contributed by atoms with Crippen LogP contribution in [0, 0.1) is 6.92 Å². The molecule has 0 unspecified atom stereocenters. The molecule has 3 rings (SSSR count). The minimum Gasteiger partial charge on any atom is -0.269 e. The Bertz CT molecular complexity index is 906. The third-order valence-electron chi connectivity index (χ3n) is 3.44. The lowest BCUT2D eigenvalue weighted by Crippen LogP contribution is -2.21. The van der Waals surface area contributed by atoms with E-state index in [0.717, 1.165) is 11.3 Å². The first kappa shape index (κ1) is 17.1. The highest BCUT2D eigenvalue weighted by molar-refractivity contribution is 7.98. The van der Waals surface area contributed by atoms with E-state index in [-0.39, 0.29) is 5.56 Å². The number of para-hydroxylation sites is 1. The molecule has 122 valence electrons. The van der Waals surface area contributed by atoms with Gasteiger partial charge in [-0.1, -0.05) is 59.2 Å². The number of halogens is 2. The van der Waals surface area contributed by atoms with E-state index in [1.807, 2.05) is 43.3 Å². The molecule has 0 fully saturated rings. The Kier molecular flexibility index (Phi) is 5.29.